The molecule has 0 radical (unpaired) electrons. The minimum atomic E-state index is -1.76. The molecule has 0 aromatic heterocycles. The van der Waals surface area contributed by atoms with Crippen LogP contribution in [0.5, 0.6) is 5.75 Å². The van der Waals surface area contributed by atoms with Crippen molar-refractivity contribution in [2.45, 2.75) is 103 Å². The van der Waals surface area contributed by atoms with E-state index in [0.29, 0.717) is 29.7 Å². The lowest BCUT2D eigenvalue weighted by molar-refractivity contribution is -0.168. The van der Waals surface area contributed by atoms with Crippen LogP contribution >= 0.6 is 0 Å². The van der Waals surface area contributed by atoms with E-state index in [9.17, 15) is 28.8 Å². The number of unbranched alkanes of at least 4 members (excludes halogenated alkanes) is 2. The summed E-state index contributed by atoms with van der Waals surface area (Å²) >= 11 is 0. The Labute approximate surface area is 356 Å². The maximum atomic E-state index is 13.8. The van der Waals surface area contributed by atoms with Gasteiger partial charge in [0.25, 0.3) is 6.10 Å². The lowest BCUT2D eigenvalue weighted by Gasteiger charge is -2.25. The molecule has 0 heterocycles. The Balaban J connectivity index is 1.50. The quantitative estimate of drug-likeness (QED) is 0.0350. The van der Waals surface area contributed by atoms with Crippen LogP contribution in [0.3, 0.4) is 0 Å². The number of ether oxygens (including phenoxy) is 5. The van der Waals surface area contributed by atoms with Gasteiger partial charge in [-0.2, -0.15) is 0 Å². The molecule has 4 aromatic rings. The normalized spacial score (nSPS) is 12.0. The largest absolute Gasteiger partial charge is 0.467 e. The molecule has 14 heteroatoms. The molecule has 0 aliphatic rings. The van der Waals surface area contributed by atoms with Gasteiger partial charge in [0.2, 0.25) is 11.8 Å². The highest BCUT2D eigenvalue weighted by Gasteiger charge is 2.34. The second kappa shape index (κ2) is 24.4. The summed E-state index contributed by atoms with van der Waals surface area (Å²) in [6, 6.07) is 30.5. The van der Waals surface area contributed by atoms with Gasteiger partial charge in [-0.3, -0.25) is 14.4 Å². The summed E-state index contributed by atoms with van der Waals surface area (Å²) in [5.74, 6) is -3.85. The molecule has 0 bridgehead atoms. The van der Waals surface area contributed by atoms with E-state index in [-0.39, 0.29) is 32.0 Å². The number of carbonyl (C=O) groups is 6. The molecule has 0 aliphatic carbocycles. The van der Waals surface area contributed by atoms with Gasteiger partial charge in [0, 0.05) is 13.0 Å². The topological polar surface area (TPSA) is 185 Å². The van der Waals surface area contributed by atoms with Gasteiger partial charge in [0.1, 0.15) is 43.3 Å². The molecule has 14 nitrogen and oxygen atoms in total. The van der Waals surface area contributed by atoms with Crippen molar-refractivity contribution >= 4 is 35.8 Å². The monoisotopic (exact) mass is 837 g/mol. The number of nitrogens with one attached hydrogen (secondary N) is 3. The van der Waals surface area contributed by atoms with Crippen molar-refractivity contribution < 1.29 is 52.5 Å². The van der Waals surface area contributed by atoms with E-state index in [1.54, 1.807) is 106 Å². The number of hydrogen-bond donors (Lipinski definition) is 3. The van der Waals surface area contributed by atoms with Gasteiger partial charge in [-0.05, 0) is 61.6 Å². The summed E-state index contributed by atoms with van der Waals surface area (Å²) in [6.07, 6.45) is -0.735. The van der Waals surface area contributed by atoms with Gasteiger partial charge >= 0.3 is 24.0 Å². The lowest BCUT2D eigenvalue weighted by Crippen LogP contribution is -2.55. The average Bonchev–Trinajstić information content (AvgIpc) is 3.25. The fraction of sp³-hybridized carbons (Fsp3) is 0.362. The highest BCUT2D eigenvalue weighted by molar-refractivity contribution is 5.98. The molecule has 0 saturated heterocycles. The fourth-order valence-electron chi connectivity index (χ4n) is 5.69. The molecule has 3 N–H and O–H groups in total. The molecule has 0 aliphatic heterocycles. The minimum absolute atomic E-state index is 0.0229. The molecule has 0 saturated carbocycles. The van der Waals surface area contributed by atoms with Crippen LogP contribution in [0.4, 0.5) is 4.79 Å². The highest BCUT2D eigenvalue weighted by atomic mass is 16.6. The predicted octanol–water partition coefficient (Wildman–Crippen LogP) is 6.28. The second-order valence-corrected chi connectivity index (χ2v) is 15.1. The second-order valence-electron chi connectivity index (χ2n) is 15.1. The van der Waals surface area contributed by atoms with Gasteiger partial charge in [0.05, 0.1) is 6.42 Å². The van der Waals surface area contributed by atoms with Gasteiger partial charge in [0.15, 0.2) is 0 Å². The number of esters is 3. The third kappa shape index (κ3) is 17.6. The molecule has 324 valence electrons. The average molecular weight is 838 g/mol. The molecule has 4 aromatic carbocycles. The van der Waals surface area contributed by atoms with E-state index in [1.165, 1.54) is 12.1 Å². The van der Waals surface area contributed by atoms with Crippen molar-refractivity contribution in [3.63, 3.8) is 0 Å². The minimum Gasteiger partial charge on any atom is -0.467 e. The predicted molar refractivity (Wildman–Crippen MR) is 226 cm³/mol. The third-order valence-corrected chi connectivity index (χ3v) is 8.83. The number of rotatable bonds is 22. The Kier molecular flexibility index (Phi) is 18.8. The fourth-order valence-corrected chi connectivity index (χ4v) is 5.69. The summed E-state index contributed by atoms with van der Waals surface area (Å²) in [7, 11) is 0. The Morgan fingerprint density at radius 2 is 1.08 bits per heavy atom. The zero-order chi connectivity index (χ0) is 44.0. The van der Waals surface area contributed by atoms with Crippen molar-refractivity contribution in [2.75, 3.05) is 6.54 Å². The molecular formula is C47H55N3O11. The molecule has 2 atom stereocenters. The van der Waals surface area contributed by atoms with Gasteiger partial charge in [-0.15, -0.1) is 0 Å². The summed E-state index contributed by atoms with van der Waals surface area (Å²) in [4.78, 5) is 79.7. The van der Waals surface area contributed by atoms with Crippen LogP contribution in [0.25, 0.3) is 0 Å². The van der Waals surface area contributed by atoms with Crippen molar-refractivity contribution in [2.24, 2.45) is 0 Å². The molecule has 61 heavy (non-hydrogen) atoms. The van der Waals surface area contributed by atoms with Crippen LogP contribution in [0.2, 0.25) is 0 Å². The van der Waals surface area contributed by atoms with Crippen LogP contribution in [0, 0.1) is 0 Å². The third-order valence-electron chi connectivity index (χ3n) is 8.83. The van der Waals surface area contributed by atoms with E-state index < -0.39 is 66.0 Å². The SMILES string of the molecule is CCCCCNC(=O)[C@H](Cc1ccc(OC(C(=O)OCc2ccccc2)C(=O)OCc2ccccc2)cc1)NC(=O)[C@H](CC(=O)OCc1ccccc1)NC(=O)OC(C)(C)C. The molecule has 0 spiro atoms. The Morgan fingerprint density at radius 1 is 0.574 bits per heavy atom. The maximum absolute atomic E-state index is 13.8. The van der Waals surface area contributed by atoms with Crippen LogP contribution in [0.15, 0.2) is 115 Å². The number of hydrogen-bond acceptors (Lipinski definition) is 11. The zero-order valence-electron chi connectivity index (χ0n) is 35.1. The highest BCUT2D eigenvalue weighted by Crippen LogP contribution is 2.18. The molecule has 0 fully saturated rings. The summed E-state index contributed by atoms with van der Waals surface area (Å²) < 4.78 is 27.5. The van der Waals surface area contributed by atoms with Crippen molar-refractivity contribution in [3.8, 4) is 5.75 Å². The standard InChI is InChI=1S/C47H55N3O11/c1-5-6-16-27-48-42(52)38(49-43(53)39(50-46(56)61-47(2,3)4)29-40(51)57-30-34-17-10-7-11-18-34)28-33-23-25-37(26-24-33)60-41(44(54)58-31-35-19-12-8-13-20-35)45(55)59-32-36-21-14-9-15-22-36/h7-15,17-26,38-39,41H,5-6,16,27-32H2,1-4H3,(H,48,52)(H,49,53)(H,50,56)/t38-,39-/m0/s1. The first-order valence-electron chi connectivity index (χ1n) is 20.2. The molecule has 0 unspecified atom stereocenters. The van der Waals surface area contributed by atoms with E-state index >= 15 is 0 Å². The van der Waals surface area contributed by atoms with Gasteiger partial charge in [-0.1, -0.05) is 123 Å². The number of benzene rings is 4. The first-order chi connectivity index (χ1) is 29.3. The van der Waals surface area contributed by atoms with E-state index in [1.807, 2.05) is 25.1 Å². The molecule has 4 rings (SSSR count). The van der Waals surface area contributed by atoms with Crippen molar-refractivity contribution in [1.82, 2.24) is 16.0 Å². The smallest absolute Gasteiger partial charge is 0.408 e. The number of alkyl carbamates (subject to hydrolysis) is 1. The zero-order valence-corrected chi connectivity index (χ0v) is 35.1. The first kappa shape index (κ1) is 47.0. The molecular weight excluding hydrogens is 783 g/mol. The Morgan fingerprint density at radius 3 is 1.57 bits per heavy atom. The van der Waals surface area contributed by atoms with E-state index in [0.717, 1.165) is 18.4 Å². The summed E-state index contributed by atoms with van der Waals surface area (Å²) in [5, 5.41) is 8.01. The van der Waals surface area contributed by atoms with Crippen molar-refractivity contribution in [3.05, 3.63) is 138 Å². The van der Waals surface area contributed by atoms with Crippen LogP contribution in [-0.2, 0) is 69.2 Å². The van der Waals surface area contributed by atoms with Crippen LogP contribution in [0.1, 0.15) is 75.6 Å². The van der Waals surface area contributed by atoms with Crippen molar-refractivity contribution in [1.29, 1.82) is 0 Å². The maximum Gasteiger partial charge on any atom is 0.408 e. The Hall–Kier alpha value is -6.70. The summed E-state index contributed by atoms with van der Waals surface area (Å²) in [6.45, 7) is 7.11. The van der Waals surface area contributed by atoms with Gasteiger partial charge < -0.3 is 39.6 Å². The number of carbonyl (C=O) groups excluding carboxylic acids is 6. The number of amides is 3. The van der Waals surface area contributed by atoms with Crippen LogP contribution in [-0.4, -0.2) is 66.1 Å². The van der Waals surface area contributed by atoms with Crippen LogP contribution < -0.4 is 20.7 Å². The molecule has 3 amide bonds. The first-order valence-corrected chi connectivity index (χ1v) is 20.2. The van der Waals surface area contributed by atoms with Gasteiger partial charge in [-0.25, -0.2) is 14.4 Å². The lowest BCUT2D eigenvalue weighted by atomic mass is 10.0. The van der Waals surface area contributed by atoms with E-state index in [4.69, 9.17) is 23.7 Å². The summed E-state index contributed by atoms with van der Waals surface area (Å²) in [5.41, 5.74) is 1.82. The van der Waals surface area contributed by atoms with E-state index in [2.05, 4.69) is 16.0 Å². The Bertz CT molecular complexity index is 1950.